The van der Waals surface area contributed by atoms with Crippen molar-refractivity contribution in [3.05, 3.63) is 35.4 Å². The molecule has 1 aromatic carbocycles. The molecule has 0 unspecified atom stereocenters. The Balaban J connectivity index is 0.00000220. The van der Waals surface area contributed by atoms with E-state index in [1.165, 1.54) is 12.1 Å². The van der Waals surface area contributed by atoms with E-state index in [4.69, 9.17) is 5.73 Å². The molecule has 3 N–H and O–H groups in total. The predicted octanol–water partition coefficient (Wildman–Crippen LogP) is 2.42. The largest absolute Gasteiger partial charge is 0.356 e. The van der Waals surface area contributed by atoms with Crippen LogP contribution in [-0.4, -0.2) is 19.0 Å². The number of nitrogens with two attached hydrogens (primary N) is 1. The van der Waals surface area contributed by atoms with Crippen LogP contribution in [0.4, 0.5) is 8.78 Å². The first-order chi connectivity index (χ1) is 9.61. The van der Waals surface area contributed by atoms with Crippen LogP contribution in [-0.2, 0) is 11.2 Å². The first-order valence-electron chi connectivity index (χ1n) is 7.03. The Morgan fingerprint density at radius 3 is 2.71 bits per heavy atom. The fourth-order valence-corrected chi connectivity index (χ4v) is 2.82. The summed E-state index contributed by atoms with van der Waals surface area (Å²) in [5.41, 5.74) is 6.33. The molecule has 1 fully saturated rings. The molecule has 6 heteroatoms. The van der Waals surface area contributed by atoms with Crippen LogP contribution in [0.15, 0.2) is 18.2 Å². The number of benzene rings is 1. The van der Waals surface area contributed by atoms with Gasteiger partial charge in [-0.3, -0.25) is 4.79 Å². The van der Waals surface area contributed by atoms with Gasteiger partial charge in [0, 0.05) is 12.5 Å². The molecule has 3 nitrogen and oxygen atoms in total. The van der Waals surface area contributed by atoms with Crippen LogP contribution in [0.1, 0.15) is 24.8 Å². The van der Waals surface area contributed by atoms with Gasteiger partial charge in [-0.25, -0.2) is 8.78 Å². The van der Waals surface area contributed by atoms with Crippen LogP contribution in [0.5, 0.6) is 0 Å². The summed E-state index contributed by atoms with van der Waals surface area (Å²) < 4.78 is 25.8. The van der Waals surface area contributed by atoms with E-state index in [9.17, 15) is 13.6 Å². The highest BCUT2D eigenvalue weighted by molar-refractivity contribution is 5.85. The first-order valence-corrected chi connectivity index (χ1v) is 7.03. The van der Waals surface area contributed by atoms with E-state index in [-0.39, 0.29) is 30.2 Å². The van der Waals surface area contributed by atoms with Crippen molar-refractivity contribution in [2.45, 2.75) is 25.7 Å². The van der Waals surface area contributed by atoms with E-state index < -0.39 is 11.6 Å². The quantitative estimate of drug-likeness (QED) is 0.876. The van der Waals surface area contributed by atoms with Gasteiger partial charge in [0.15, 0.2) is 11.6 Å². The molecule has 1 aromatic rings. The molecule has 0 aliphatic heterocycles. The van der Waals surface area contributed by atoms with Gasteiger partial charge in [-0.05, 0) is 49.4 Å². The number of amides is 1. The Labute approximate surface area is 129 Å². The molecule has 0 radical (unpaired) electrons. The van der Waals surface area contributed by atoms with Crippen LogP contribution in [0.25, 0.3) is 0 Å². The number of hydrogen-bond donors (Lipinski definition) is 2. The molecule has 2 atom stereocenters. The number of nitrogens with one attached hydrogen (secondary N) is 1. The second-order valence-electron chi connectivity index (χ2n) is 5.32. The molecule has 0 saturated heterocycles. The zero-order chi connectivity index (χ0) is 14.5. The third-order valence-corrected chi connectivity index (χ3v) is 4.00. The zero-order valence-corrected chi connectivity index (χ0v) is 12.6. The average Bonchev–Trinajstić information content (AvgIpc) is 2.91. The van der Waals surface area contributed by atoms with Gasteiger partial charge >= 0.3 is 0 Å². The van der Waals surface area contributed by atoms with Gasteiger partial charge in [-0.2, -0.15) is 0 Å². The van der Waals surface area contributed by atoms with E-state index in [0.717, 1.165) is 25.3 Å². The molecule has 0 spiro atoms. The lowest BCUT2D eigenvalue weighted by atomic mass is 9.95. The molecular weight excluding hydrogens is 298 g/mol. The van der Waals surface area contributed by atoms with Crippen molar-refractivity contribution in [3.8, 4) is 0 Å². The highest BCUT2D eigenvalue weighted by atomic mass is 35.5. The van der Waals surface area contributed by atoms with Gasteiger partial charge < -0.3 is 11.1 Å². The summed E-state index contributed by atoms with van der Waals surface area (Å²) in [4.78, 5) is 12.0. The van der Waals surface area contributed by atoms with E-state index in [0.29, 0.717) is 25.1 Å². The molecule has 0 bridgehead atoms. The topological polar surface area (TPSA) is 55.1 Å². The highest BCUT2D eigenvalue weighted by Crippen LogP contribution is 2.30. The van der Waals surface area contributed by atoms with Crippen molar-refractivity contribution < 1.29 is 13.6 Å². The van der Waals surface area contributed by atoms with Crippen LogP contribution < -0.4 is 11.1 Å². The number of halogens is 3. The molecule has 1 amide bonds. The SMILES string of the molecule is Cl.NC[C@H]1CCC[C@H]1C(=O)NCCc1ccc(F)c(F)c1. The molecule has 0 aromatic heterocycles. The fourth-order valence-electron chi connectivity index (χ4n) is 2.82. The smallest absolute Gasteiger partial charge is 0.223 e. The summed E-state index contributed by atoms with van der Waals surface area (Å²) in [5, 5.41) is 2.86. The summed E-state index contributed by atoms with van der Waals surface area (Å²) in [5.74, 6) is -1.40. The highest BCUT2D eigenvalue weighted by Gasteiger charge is 2.31. The van der Waals surface area contributed by atoms with Gasteiger partial charge in [-0.15, -0.1) is 12.4 Å². The molecule has 1 saturated carbocycles. The maximum atomic E-state index is 13.0. The lowest BCUT2D eigenvalue weighted by molar-refractivity contribution is -0.125. The summed E-state index contributed by atoms with van der Waals surface area (Å²) in [6.45, 7) is 0.971. The molecule has 1 aliphatic rings. The molecule has 0 heterocycles. The number of carbonyl (C=O) groups excluding carboxylic acids is 1. The van der Waals surface area contributed by atoms with E-state index in [1.54, 1.807) is 0 Å². The summed E-state index contributed by atoms with van der Waals surface area (Å²) in [6, 6.07) is 3.80. The number of rotatable bonds is 5. The minimum absolute atomic E-state index is 0. The van der Waals surface area contributed by atoms with Crippen LogP contribution in [0, 0.1) is 23.5 Å². The van der Waals surface area contributed by atoms with Crippen LogP contribution in [0.2, 0.25) is 0 Å². The predicted molar refractivity (Wildman–Crippen MR) is 80.2 cm³/mol. The monoisotopic (exact) mass is 318 g/mol. The second kappa shape index (κ2) is 8.29. The van der Waals surface area contributed by atoms with Gasteiger partial charge in [-0.1, -0.05) is 12.5 Å². The Kier molecular flexibility index (Phi) is 7.05. The van der Waals surface area contributed by atoms with E-state index in [2.05, 4.69) is 5.32 Å². The molecular formula is C15H21ClF2N2O. The van der Waals surface area contributed by atoms with Gasteiger partial charge in [0.25, 0.3) is 0 Å². The van der Waals surface area contributed by atoms with Crippen molar-refractivity contribution in [2.24, 2.45) is 17.6 Å². The lowest BCUT2D eigenvalue weighted by Crippen LogP contribution is -2.36. The third kappa shape index (κ3) is 4.64. The average molecular weight is 319 g/mol. The van der Waals surface area contributed by atoms with E-state index in [1.807, 2.05) is 0 Å². The fraction of sp³-hybridized carbons (Fsp3) is 0.533. The van der Waals surface area contributed by atoms with Crippen LogP contribution in [0.3, 0.4) is 0 Å². The van der Waals surface area contributed by atoms with Crippen molar-refractivity contribution in [1.82, 2.24) is 5.32 Å². The Morgan fingerprint density at radius 2 is 2.05 bits per heavy atom. The minimum atomic E-state index is -0.854. The van der Waals surface area contributed by atoms with E-state index >= 15 is 0 Å². The molecule has 118 valence electrons. The molecule has 21 heavy (non-hydrogen) atoms. The standard InChI is InChI=1S/C15H20F2N2O.ClH/c16-13-5-4-10(8-14(13)17)6-7-19-15(20)12-3-1-2-11(12)9-18;/h4-5,8,11-12H,1-3,6-7,9,18H2,(H,19,20);1H/t11-,12-;/m1./s1. The Morgan fingerprint density at radius 1 is 1.29 bits per heavy atom. The summed E-state index contributed by atoms with van der Waals surface area (Å²) in [6.07, 6.45) is 3.43. The maximum Gasteiger partial charge on any atom is 0.223 e. The Hall–Kier alpha value is -1.20. The normalized spacial score (nSPS) is 20.9. The minimum Gasteiger partial charge on any atom is -0.356 e. The second-order valence-corrected chi connectivity index (χ2v) is 5.32. The van der Waals surface area contributed by atoms with Crippen molar-refractivity contribution in [2.75, 3.05) is 13.1 Å². The Bertz CT molecular complexity index is 485. The molecule has 1 aliphatic carbocycles. The lowest BCUT2D eigenvalue weighted by Gasteiger charge is -2.17. The number of hydrogen-bond acceptors (Lipinski definition) is 2. The van der Waals surface area contributed by atoms with Gasteiger partial charge in [0.1, 0.15) is 0 Å². The van der Waals surface area contributed by atoms with Crippen molar-refractivity contribution in [3.63, 3.8) is 0 Å². The number of carbonyl (C=O) groups is 1. The summed E-state index contributed by atoms with van der Waals surface area (Å²) in [7, 11) is 0. The van der Waals surface area contributed by atoms with Gasteiger partial charge in [0.05, 0.1) is 0 Å². The van der Waals surface area contributed by atoms with Crippen molar-refractivity contribution in [1.29, 1.82) is 0 Å². The molecule has 2 rings (SSSR count). The summed E-state index contributed by atoms with van der Waals surface area (Å²) >= 11 is 0. The van der Waals surface area contributed by atoms with Crippen molar-refractivity contribution >= 4 is 18.3 Å². The first kappa shape index (κ1) is 17.9. The van der Waals surface area contributed by atoms with Gasteiger partial charge in [0.2, 0.25) is 5.91 Å². The maximum absolute atomic E-state index is 13.0. The van der Waals surface area contributed by atoms with Crippen LogP contribution >= 0.6 is 12.4 Å². The zero-order valence-electron chi connectivity index (χ0n) is 11.8. The third-order valence-electron chi connectivity index (χ3n) is 4.00.